The minimum Gasteiger partial charge on any atom is -0.395 e. The molecule has 4 nitrogen and oxygen atoms in total. The van der Waals surface area contributed by atoms with Gasteiger partial charge in [0.2, 0.25) is 0 Å². The Balaban J connectivity index is 3.77. The van der Waals surface area contributed by atoms with Crippen LogP contribution in [0.3, 0.4) is 0 Å². The Morgan fingerprint density at radius 2 is 2.15 bits per heavy atom. The molecule has 78 valence electrons. The van der Waals surface area contributed by atoms with Gasteiger partial charge in [0.05, 0.1) is 6.61 Å². The SMILES string of the molecule is CCN(CCO)C(=O)NCC(C)C. The van der Waals surface area contributed by atoms with Crippen LogP contribution in [-0.4, -0.2) is 42.3 Å². The lowest BCUT2D eigenvalue weighted by Gasteiger charge is -2.20. The summed E-state index contributed by atoms with van der Waals surface area (Å²) in [5.74, 6) is 0.455. The van der Waals surface area contributed by atoms with E-state index in [-0.39, 0.29) is 12.6 Å². The van der Waals surface area contributed by atoms with Crippen LogP contribution in [0.2, 0.25) is 0 Å². The number of nitrogens with one attached hydrogen (secondary N) is 1. The monoisotopic (exact) mass is 188 g/mol. The van der Waals surface area contributed by atoms with Crippen molar-refractivity contribution in [2.75, 3.05) is 26.2 Å². The molecule has 0 spiro atoms. The van der Waals surface area contributed by atoms with Gasteiger partial charge in [-0.25, -0.2) is 4.79 Å². The molecule has 0 aliphatic carbocycles. The number of aliphatic hydroxyl groups is 1. The number of hydrogen-bond acceptors (Lipinski definition) is 2. The number of hydrogen-bond donors (Lipinski definition) is 2. The van der Waals surface area contributed by atoms with Gasteiger partial charge in [-0.15, -0.1) is 0 Å². The van der Waals surface area contributed by atoms with Crippen LogP contribution < -0.4 is 5.32 Å². The summed E-state index contributed by atoms with van der Waals surface area (Å²) in [4.78, 5) is 13.0. The highest BCUT2D eigenvalue weighted by atomic mass is 16.3. The second kappa shape index (κ2) is 6.71. The van der Waals surface area contributed by atoms with Gasteiger partial charge in [-0.2, -0.15) is 0 Å². The molecule has 0 heterocycles. The van der Waals surface area contributed by atoms with Crippen LogP contribution in [0.4, 0.5) is 4.79 Å². The number of rotatable bonds is 5. The topological polar surface area (TPSA) is 52.6 Å². The molecule has 0 aliphatic rings. The van der Waals surface area contributed by atoms with Crippen molar-refractivity contribution >= 4 is 6.03 Å². The Labute approximate surface area is 79.9 Å². The van der Waals surface area contributed by atoms with Gasteiger partial charge in [-0.3, -0.25) is 0 Å². The van der Waals surface area contributed by atoms with E-state index in [0.717, 1.165) is 0 Å². The second-order valence-electron chi connectivity index (χ2n) is 3.38. The zero-order valence-corrected chi connectivity index (χ0v) is 8.71. The molecule has 0 rings (SSSR count). The molecule has 4 heteroatoms. The molecular weight excluding hydrogens is 168 g/mol. The van der Waals surface area contributed by atoms with Crippen molar-refractivity contribution in [1.82, 2.24) is 10.2 Å². The summed E-state index contributed by atoms with van der Waals surface area (Å²) < 4.78 is 0. The first kappa shape index (κ1) is 12.2. The van der Waals surface area contributed by atoms with E-state index in [4.69, 9.17) is 5.11 Å². The number of nitrogens with zero attached hydrogens (tertiary/aromatic N) is 1. The van der Waals surface area contributed by atoms with Gasteiger partial charge < -0.3 is 15.3 Å². The van der Waals surface area contributed by atoms with Crippen LogP contribution in [-0.2, 0) is 0 Å². The van der Waals surface area contributed by atoms with Crippen LogP contribution in [0, 0.1) is 5.92 Å². The molecule has 0 atom stereocenters. The first-order chi connectivity index (χ1) is 6.11. The Hall–Kier alpha value is -0.770. The van der Waals surface area contributed by atoms with Gasteiger partial charge in [0, 0.05) is 19.6 Å². The Morgan fingerprint density at radius 3 is 2.54 bits per heavy atom. The largest absolute Gasteiger partial charge is 0.395 e. The van der Waals surface area contributed by atoms with Crippen molar-refractivity contribution in [3.8, 4) is 0 Å². The molecular formula is C9H20N2O2. The van der Waals surface area contributed by atoms with Crippen molar-refractivity contribution in [3.63, 3.8) is 0 Å². The molecule has 0 saturated heterocycles. The molecule has 0 fully saturated rings. The second-order valence-corrected chi connectivity index (χ2v) is 3.38. The zero-order valence-electron chi connectivity index (χ0n) is 8.71. The van der Waals surface area contributed by atoms with Crippen LogP contribution in [0.5, 0.6) is 0 Å². The van der Waals surface area contributed by atoms with Crippen molar-refractivity contribution < 1.29 is 9.90 Å². The van der Waals surface area contributed by atoms with Crippen LogP contribution in [0.25, 0.3) is 0 Å². The third-order valence-electron chi connectivity index (χ3n) is 1.70. The van der Waals surface area contributed by atoms with Gasteiger partial charge >= 0.3 is 6.03 Å². The lowest BCUT2D eigenvalue weighted by Crippen LogP contribution is -2.42. The summed E-state index contributed by atoms with van der Waals surface area (Å²) in [5.41, 5.74) is 0. The van der Waals surface area contributed by atoms with Gasteiger partial charge in [0.1, 0.15) is 0 Å². The molecule has 0 aliphatic heterocycles. The predicted octanol–water partition coefficient (Wildman–Crippen LogP) is 0.666. The molecule has 0 bridgehead atoms. The number of amides is 2. The van der Waals surface area contributed by atoms with E-state index in [0.29, 0.717) is 25.6 Å². The molecule has 0 saturated carbocycles. The quantitative estimate of drug-likeness (QED) is 0.666. The maximum absolute atomic E-state index is 11.4. The van der Waals surface area contributed by atoms with E-state index in [1.807, 2.05) is 20.8 Å². The minimum atomic E-state index is -0.0924. The van der Waals surface area contributed by atoms with E-state index in [9.17, 15) is 4.79 Å². The van der Waals surface area contributed by atoms with Gasteiger partial charge in [-0.05, 0) is 12.8 Å². The lowest BCUT2D eigenvalue weighted by molar-refractivity contribution is 0.179. The molecule has 13 heavy (non-hydrogen) atoms. The number of aliphatic hydroxyl groups excluding tert-OH is 1. The van der Waals surface area contributed by atoms with Crippen LogP contribution in [0.1, 0.15) is 20.8 Å². The van der Waals surface area contributed by atoms with E-state index in [2.05, 4.69) is 5.32 Å². The summed E-state index contributed by atoms with van der Waals surface area (Å²) in [6, 6.07) is -0.0924. The van der Waals surface area contributed by atoms with Gasteiger partial charge in [-0.1, -0.05) is 13.8 Å². The summed E-state index contributed by atoms with van der Waals surface area (Å²) in [6.07, 6.45) is 0. The maximum Gasteiger partial charge on any atom is 0.317 e. The van der Waals surface area contributed by atoms with Crippen LogP contribution >= 0.6 is 0 Å². The molecule has 0 aromatic rings. The highest BCUT2D eigenvalue weighted by Crippen LogP contribution is 1.91. The highest BCUT2D eigenvalue weighted by Gasteiger charge is 2.09. The number of urea groups is 1. The summed E-state index contributed by atoms with van der Waals surface area (Å²) in [5, 5.41) is 11.5. The normalized spacial score (nSPS) is 10.2. The standard InChI is InChI=1S/C9H20N2O2/c1-4-11(5-6-12)9(13)10-7-8(2)3/h8,12H,4-7H2,1-3H3,(H,10,13). The molecule has 0 aromatic carbocycles. The van der Waals surface area contributed by atoms with E-state index < -0.39 is 0 Å². The Morgan fingerprint density at radius 1 is 1.54 bits per heavy atom. The number of likely N-dealkylation sites (N-methyl/N-ethyl adjacent to an activating group) is 1. The van der Waals surface area contributed by atoms with E-state index in [1.165, 1.54) is 0 Å². The van der Waals surface area contributed by atoms with Crippen molar-refractivity contribution in [1.29, 1.82) is 0 Å². The summed E-state index contributed by atoms with van der Waals surface area (Å²) >= 11 is 0. The molecule has 2 amide bonds. The van der Waals surface area contributed by atoms with Crippen LogP contribution in [0.15, 0.2) is 0 Å². The third-order valence-corrected chi connectivity index (χ3v) is 1.70. The number of carbonyl (C=O) groups is 1. The van der Waals surface area contributed by atoms with E-state index >= 15 is 0 Å². The first-order valence-corrected chi connectivity index (χ1v) is 4.75. The van der Waals surface area contributed by atoms with Gasteiger partial charge in [0.15, 0.2) is 0 Å². The lowest BCUT2D eigenvalue weighted by atomic mass is 10.2. The number of carbonyl (C=O) groups excluding carboxylic acids is 1. The average molecular weight is 188 g/mol. The van der Waals surface area contributed by atoms with Crippen molar-refractivity contribution in [3.05, 3.63) is 0 Å². The minimum absolute atomic E-state index is 0.0168. The Kier molecular flexibility index (Phi) is 6.32. The fraction of sp³-hybridized carbons (Fsp3) is 0.889. The van der Waals surface area contributed by atoms with E-state index in [1.54, 1.807) is 4.90 Å². The Bertz CT molecular complexity index is 149. The van der Waals surface area contributed by atoms with Crippen molar-refractivity contribution in [2.24, 2.45) is 5.92 Å². The zero-order chi connectivity index (χ0) is 10.3. The first-order valence-electron chi connectivity index (χ1n) is 4.75. The molecule has 2 N–H and O–H groups in total. The van der Waals surface area contributed by atoms with Crippen molar-refractivity contribution in [2.45, 2.75) is 20.8 Å². The molecule has 0 aromatic heterocycles. The molecule has 0 radical (unpaired) electrons. The maximum atomic E-state index is 11.4. The fourth-order valence-electron chi connectivity index (χ4n) is 0.927. The fourth-order valence-corrected chi connectivity index (χ4v) is 0.927. The predicted molar refractivity (Wildman–Crippen MR) is 52.6 cm³/mol. The van der Waals surface area contributed by atoms with Gasteiger partial charge in [0.25, 0.3) is 0 Å². The average Bonchev–Trinajstić information content (AvgIpc) is 2.10. The summed E-state index contributed by atoms with van der Waals surface area (Å²) in [7, 11) is 0. The molecule has 0 unspecified atom stereocenters. The summed E-state index contributed by atoms with van der Waals surface area (Å²) in [6.45, 7) is 7.71. The highest BCUT2D eigenvalue weighted by molar-refractivity contribution is 5.74. The smallest absolute Gasteiger partial charge is 0.317 e. The third kappa shape index (κ3) is 5.47.